The van der Waals surface area contributed by atoms with E-state index >= 15 is 0 Å². The number of hydrogen-bond acceptors (Lipinski definition) is 5. The lowest BCUT2D eigenvalue weighted by Gasteiger charge is -2.12. The quantitative estimate of drug-likeness (QED) is 0.770. The average molecular weight is 325 g/mol. The molecule has 9 heteroatoms. The first kappa shape index (κ1) is 12.9. The molecular weight excluding hydrogens is 312 g/mol. The number of sulfonamides is 1. The van der Waals surface area contributed by atoms with Crippen molar-refractivity contribution in [1.82, 2.24) is 19.7 Å². The maximum absolute atomic E-state index is 12.0. The van der Waals surface area contributed by atoms with E-state index in [1.165, 1.54) is 11.7 Å². The van der Waals surface area contributed by atoms with Gasteiger partial charge in [-0.15, -0.1) is 5.10 Å². The Morgan fingerprint density at radius 1 is 1.59 bits per heavy atom. The van der Waals surface area contributed by atoms with Gasteiger partial charge in [0.1, 0.15) is 0 Å². The highest BCUT2D eigenvalue weighted by atomic mass is 79.9. The molecule has 0 aromatic carbocycles. The van der Waals surface area contributed by atoms with Crippen molar-refractivity contribution in [1.29, 1.82) is 0 Å². The summed E-state index contributed by atoms with van der Waals surface area (Å²) in [5.41, 5.74) is -0.272. The predicted octanol–water partition coefficient (Wildman–Crippen LogP) is -0.372. The van der Waals surface area contributed by atoms with E-state index in [0.717, 1.165) is 12.8 Å². The van der Waals surface area contributed by atoms with Gasteiger partial charge in [0.25, 0.3) is 10.0 Å². The molecule has 0 radical (unpaired) electrons. The van der Waals surface area contributed by atoms with Crippen LogP contribution >= 0.6 is 15.9 Å². The van der Waals surface area contributed by atoms with Crippen LogP contribution in [0.15, 0.2) is 9.63 Å². The number of aliphatic hydroxyl groups is 1. The largest absolute Gasteiger partial charge is 0.396 e. The number of aromatic nitrogens is 3. The standard InChI is InChI=1S/C8H13BrN4O3S/c1-13-7(6(9)11-12-13)17(15,16)10-4-8(5-14)2-3-8/h10,14H,2-5H2,1H3. The van der Waals surface area contributed by atoms with Crippen LogP contribution in [0, 0.1) is 5.41 Å². The second-order valence-corrected chi connectivity index (χ2v) is 6.73. The number of nitrogens with one attached hydrogen (secondary N) is 1. The van der Waals surface area contributed by atoms with Gasteiger partial charge in [-0.2, -0.15) is 0 Å². The maximum atomic E-state index is 12.0. The zero-order chi connectivity index (χ0) is 12.7. The van der Waals surface area contributed by atoms with Crippen LogP contribution in [0.4, 0.5) is 0 Å². The third kappa shape index (κ3) is 2.51. The summed E-state index contributed by atoms with van der Waals surface area (Å²) < 4.78 is 27.8. The molecule has 2 rings (SSSR count). The molecule has 1 aliphatic rings. The second kappa shape index (κ2) is 4.30. The Morgan fingerprint density at radius 2 is 2.24 bits per heavy atom. The summed E-state index contributed by atoms with van der Waals surface area (Å²) >= 11 is 3.04. The number of rotatable bonds is 5. The molecule has 1 aromatic rings. The highest BCUT2D eigenvalue weighted by Crippen LogP contribution is 2.44. The van der Waals surface area contributed by atoms with Gasteiger partial charge in [-0.05, 0) is 28.8 Å². The van der Waals surface area contributed by atoms with Gasteiger partial charge in [0.05, 0.1) is 0 Å². The van der Waals surface area contributed by atoms with Crippen LogP contribution in [0.25, 0.3) is 0 Å². The Hall–Kier alpha value is -0.510. The summed E-state index contributed by atoms with van der Waals surface area (Å²) in [7, 11) is -2.15. The minimum absolute atomic E-state index is 0.000324. The van der Waals surface area contributed by atoms with Crippen LogP contribution in [-0.2, 0) is 17.1 Å². The molecule has 0 unspecified atom stereocenters. The van der Waals surface area contributed by atoms with Gasteiger partial charge in [0.15, 0.2) is 4.60 Å². The van der Waals surface area contributed by atoms with Gasteiger partial charge in [-0.1, -0.05) is 5.21 Å². The highest BCUT2D eigenvalue weighted by Gasteiger charge is 2.43. The second-order valence-electron chi connectivity index (χ2n) is 4.29. The first-order valence-electron chi connectivity index (χ1n) is 5.06. The first-order chi connectivity index (χ1) is 7.90. The van der Waals surface area contributed by atoms with Crippen molar-refractivity contribution in [2.24, 2.45) is 12.5 Å². The Bertz CT molecular complexity index is 503. The fourth-order valence-corrected chi connectivity index (χ4v) is 3.74. The van der Waals surface area contributed by atoms with Crippen molar-refractivity contribution in [3.63, 3.8) is 0 Å². The van der Waals surface area contributed by atoms with Crippen molar-refractivity contribution in [3.8, 4) is 0 Å². The molecule has 0 saturated heterocycles. The van der Waals surface area contributed by atoms with E-state index in [0.29, 0.717) is 0 Å². The molecule has 0 spiro atoms. The zero-order valence-corrected chi connectivity index (χ0v) is 11.6. The summed E-state index contributed by atoms with van der Waals surface area (Å²) in [6, 6.07) is 0. The normalized spacial score (nSPS) is 18.3. The van der Waals surface area contributed by atoms with Crippen molar-refractivity contribution in [2.75, 3.05) is 13.2 Å². The molecule has 0 amide bonds. The summed E-state index contributed by atoms with van der Waals surface area (Å²) in [6.45, 7) is 0.240. The molecule has 7 nitrogen and oxygen atoms in total. The SMILES string of the molecule is Cn1nnc(Br)c1S(=O)(=O)NCC1(CO)CC1. The third-order valence-corrected chi connectivity index (χ3v) is 5.21. The molecule has 17 heavy (non-hydrogen) atoms. The Balaban J connectivity index is 2.15. The highest BCUT2D eigenvalue weighted by molar-refractivity contribution is 9.10. The van der Waals surface area contributed by atoms with Crippen LogP contribution in [-0.4, -0.2) is 41.7 Å². The van der Waals surface area contributed by atoms with E-state index in [2.05, 4.69) is 31.0 Å². The van der Waals surface area contributed by atoms with Crippen molar-refractivity contribution < 1.29 is 13.5 Å². The van der Waals surface area contributed by atoms with Crippen LogP contribution in [0.1, 0.15) is 12.8 Å². The van der Waals surface area contributed by atoms with Crippen molar-refractivity contribution in [2.45, 2.75) is 17.9 Å². The lowest BCUT2D eigenvalue weighted by Crippen LogP contribution is -2.33. The molecule has 2 N–H and O–H groups in total. The zero-order valence-electron chi connectivity index (χ0n) is 9.22. The minimum atomic E-state index is -3.65. The van der Waals surface area contributed by atoms with Gasteiger partial charge in [-0.25, -0.2) is 17.8 Å². The lowest BCUT2D eigenvalue weighted by atomic mass is 10.1. The van der Waals surface area contributed by atoms with Crippen LogP contribution in [0.5, 0.6) is 0 Å². The predicted molar refractivity (Wildman–Crippen MR) is 62.6 cm³/mol. The van der Waals surface area contributed by atoms with Gasteiger partial charge in [0, 0.05) is 25.6 Å². The number of hydrogen-bond donors (Lipinski definition) is 2. The van der Waals surface area contributed by atoms with Crippen LogP contribution in [0.3, 0.4) is 0 Å². The molecule has 1 aliphatic carbocycles. The van der Waals surface area contributed by atoms with Crippen LogP contribution < -0.4 is 4.72 Å². The van der Waals surface area contributed by atoms with E-state index in [9.17, 15) is 8.42 Å². The van der Waals surface area contributed by atoms with Crippen LogP contribution in [0.2, 0.25) is 0 Å². The summed E-state index contributed by atoms with van der Waals surface area (Å²) in [6.07, 6.45) is 1.69. The maximum Gasteiger partial charge on any atom is 0.260 e. The minimum Gasteiger partial charge on any atom is -0.396 e. The van der Waals surface area contributed by atoms with Gasteiger partial charge in [0.2, 0.25) is 5.03 Å². The topological polar surface area (TPSA) is 97.1 Å². The van der Waals surface area contributed by atoms with Crippen molar-refractivity contribution >= 4 is 26.0 Å². The summed E-state index contributed by atoms with van der Waals surface area (Å²) in [4.78, 5) is 0. The summed E-state index contributed by atoms with van der Waals surface area (Å²) in [5, 5.41) is 16.3. The van der Waals surface area contributed by atoms with E-state index in [1.54, 1.807) is 0 Å². The average Bonchev–Trinajstić information content (AvgIpc) is 2.97. The smallest absolute Gasteiger partial charge is 0.260 e. The van der Waals surface area contributed by atoms with Gasteiger partial charge >= 0.3 is 0 Å². The van der Waals surface area contributed by atoms with E-state index < -0.39 is 10.0 Å². The molecular formula is C8H13BrN4O3S. The number of aryl methyl sites for hydroxylation is 1. The first-order valence-corrected chi connectivity index (χ1v) is 7.34. The van der Waals surface area contributed by atoms with E-state index in [4.69, 9.17) is 5.11 Å². The van der Waals surface area contributed by atoms with E-state index in [-0.39, 0.29) is 28.2 Å². The third-order valence-electron chi connectivity index (χ3n) is 2.92. The number of halogens is 1. The molecule has 0 atom stereocenters. The molecule has 0 aliphatic heterocycles. The summed E-state index contributed by atoms with van der Waals surface area (Å²) in [5.74, 6) is 0. The van der Waals surface area contributed by atoms with Crippen molar-refractivity contribution in [3.05, 3.63) is 4.60 Å². The van der Waals surface area contributed by atoms with Gasteiger partial charge < -0.3 is 5.11 Å². The Labute approximate surface area is 107 Å². The number of aliphatic hydroxyl groups excluding tert-OH is 1. The van der Waals surface area contributed by atoms with E-state index in [1.807, 2.05) is 0 Å². The molecule has 1 aromatic heterocycles. The molecule has 1 fully saturated rings. The van der Waals surface area contributed by atoms with Gasteiger partial charge in [-0.3, -0.25) is 0 Å². The Kier molecular flexibility index (Phi) is 3.27. The fraction of sp³-hybridized carbons (Fsp3) is 0.750. The molecule has 1 heterocycles. The molecule has 96 valence electrons. The Morgan fingerprint density at radius 3 is 2.65 bits per heavy atom. The monoisotopic (exact) mass is 324 g/mol. The number of nitrogens with zero attached hydrogens (tertiary/aromatic N) is 3. The molecule has 1 saturated carbocycles. The lowest BCUT2D eigenvalue weighted by molar-refractivity contribution is 0.213. The fourth-order valence-electron chi connectivity index (χ4n) is 1.49. The molecule has 0 bridgehead atoms.